The Morgan fingerprint density at radius 2 is 1.81 bits per heavy atom. The van der Waals surface area contributed by atoms with Crippen LogP contribution in [0.2, 0.25) is 0 Å². The van der Waals surface area contributed by atoms with E-state index in [0.29, 0.717) is 12.8 Å². The Morgan fingerprint density at radius 3 is 2.29 bits per heavy atom. The molecule has 1 aliphatic carbocycles. The summed E-state index contributed by atoms with van der Waals surface area (Å²) in [5.41, 5.74) is -0.808. The molecule has 0 aromatic rings. The fourth-order valence-corrected chi connectivity index (χ4v) is 3.41. The average molecular weight is 316 g/mol. The van der Waals surface area contributed by atoms with E-state index in [0.717, 1.165) is 19.1 Å². The predicted molar refractivity (Wildman–Crippen MR) is 79.4 cm³/mol. The number of nitrogens with zero attached hydrogens (tertiary/aromatic N) is 1. The molecule has 6 nitrogen and oxygen atoms in total. The molecule has 0 radical (unpaired) electrons. The first-order valence-corrected chi connectivity index (χ1v) is 9.22. The smallest absolute Gasteiger partial charge is 0.249 e. The van der Waals surface area contributed by atoms with Gasteiger partial charge in [0.2, 0.25) is 11.8 Å². The predicted octanol–water partition coefficient (Wildman–Crippen LogP) is 0.469. The zero-order valence-corrected chi connectivity index (χ0v) is 13.9. The molecule has 1 saturated carbocycles. The summed E-state index contributed by atoms with van der Waals surface area (Å²) in [5.74, 6) is -0.329. The molecule has 1 heterocycles. The van der Waals surface area contributed by atoms with Crippen LogP contribution in [0, 0.1) is 0 Å². The number of hydrogen-bond acceptors (Lipinski definition) is 4. The lowest BCUT2D eigenvalue weighted by Crippen LogP contribution is -2.70. The van der Waals surface area contributed by atoms with Gasteiger partial charge in [0.15, 0.2) is 9.84 Å². The molecule has 1 saturated heterocycles. The van der Waals surface area contributed by atoms with E-state index in [1.807, 2.05) is 0 Å². The second-order valence-corrected chi connectivity index (χ2v) is 9.57. The highest BCUT2D eigenvalue weighted by atomic mass is 32.2. The number of rotatable bonds is 3. The fourth-order valence-electron chi connectivity index (χ4n) is 3.04. The molecule has 1 spiro atoms. The molecule has 1 aliphatic heterocycles. The van der Waals surface area contributed by atoms with E-state index < -0.39 is 26.2 Å². The second-order valence-electron chi connectivity index (χ2n) is 6.92. The number of sulfone groups is 1. The van der Waals surface area contributed by atoms with E-state index in [4.69, 9.17) is 0 Å². The lowest BCUT2D eigenvalue weighted by molar-refractivity contribution is -0.154. The average Bonchev–Trinajstić information content (AvgIpc) is 2.80. The number of carbonyl (C=O) groups is 2. The topological polar surface area (TPSA) is 83.6 Å². The molecular formula is C14H24N2O4S. The molecule has 0 bridgehead atoms. The molecule has 2 aliphatic rings. The van der Waals surface area contributed by atoms with Gasteiger partial charge in [-0.05, 0) is 33.6 Å². The highest BCUT2D eigenvalue weighted by Gasteiger charge is 2.52. The first-order chi connectivity index (χ1) is 9.50. The van der Waals surface area contributed by atoms with E-state index in [2.05, 4.69) is 5.32 Å². The van der Waals surface area contributed by atoms with Crippen LogP contribution in [0.25, 0.3) is 0 Å². The van der Waals surface area contributed by atoms with E-state index >= 15 is 0 Å². The van der Waals surface area contributed by atoms with E-state index in [1.54, 1.807) is 20.8 Å². The third kappa shape index (κ3) is 2.67. The van der Waals surface area contributed by atoms with Crippen molar-refractivity contribution in [1.29, 1.82) is 0 Å². The van der Waals surface area contributed by atoms with Gasteiger partial charge in [0, 0.05) is 12.8 Å². The zero-order chi connectivity index (χ0) is 16.1. The van der Waals surface area contributed by atoms with Crippen LogP contribution in [-0.4, -0.2) is 54.3 Å². The van der Waals surface area contributed by atoms with Gasteiger partial charge in [-0.15, -0.1) is 0 Å². The van der Waals surface area contributed by atoms with Gasteiger partial charge in [-0.2, -0.15) is 0 Å². The van der Waals surface area contributed by atoms with Crippen molar-refractivity contribution in [2.45, 2.75) is 62.8 Å². The minimum Gasteiger partial charge on any atom is -0.340 e. The quantitative estimate of drug-likeness (QED) is 0.820. The third-order valence-corrected chi connectivity index (χ3v) is 7.03. The van der Waals surface area contributed by atoms with Gasteiger partial charge < -0.3 is 10.2 Å². The molecule has 0 aromatic carbocycles. The molecule has 2 rings (SSSR count). The minimum absolute atomic E-state index is 0.0427. The van der Waals surface area contributed by atoms with E-state index in [9.17, 15) is 18.0 Å². The normalized spacial score (nSPS) is 26.3. The number of carbonyl (C=O) groups excluding carboxylic acids is 2. The van der Waals surface area contributed by atoms with Crippen molar-refractivity contribution in [3.05, 3.63) is 0 Å². The van der Waals surface area contributed by atoms with Crippen LogP contribution in [0.4, 0.5) is 0 Å². The number of nitrogens with one attached hydrogen (secondary N) is 1. The summed E-state index contributed by atoms with van der Waals surface area (Å²) in [5, 5.41) is 2.87. The summed E-state index contributed by atoms with van der Waals surface area (Å²) >= 11 is 0. The largest absolute Gasteiger partial charge is 0.340 e. The van der Waals surface area contributed by atoms with Crippen molar-refractivity contribution in [2.75, 3.05) is 12.8 Å². The summed E-state index contributed by atoms with van der Waals surface area (Å²) in [7, 11) is -3.33. The van der Waals surface area contributed by atoms with Crippen molar-refractivity contribution >= 4 is 21.7 Å². The van der Waals surface area contributed by atoms with Crippen LogP contribution in [0.5, 0.6) is 0 Å². The Labute approximate surface area is 126 Å². The lowest BCUT2D eigenvalue weighted by atomic mass is 9.90. The van der Waals surface area contributed by atoms with Crippen LogP contribution >= 0.6 is 0 Å². The standard InChI is InChI=1S/C14H24N2O4S/c1-10-11(17)15-14(7-5-6-8-14)12(18)16(10)9-13(2,3)21(4,19)20/h10H,5-9H2,1-4H3,(H,15,17). The molecule has 1 unspecified atom stereocenters. The molecular weight excluding hydrogens is 292 g/mol. The van der Waals surface area contributed by atoms with Crippen molar-refractivity contribution in [3.63, 3.8) is 0 Å². The molecule has 1 N–H and O–H groups in total. The fraction of sp³-hybridized carbons (Fsp3) is 0.857. The van der Waals surface area contributed by atoms with Gasteiger partial charge in [0.25, 0.3) is 0 Å². The monoisotopic (exact) mass is 316 g/mol. The van der Waals surface area contributed by atoms with Crippen molar-refractivity contribution in [3.8, 4) is 0 Å². The molecule has 0 aromatic heterocycles. The SMILES string of the molecule is CC1C(=O)NC2(CCCC2)C(=O)N1CC(C)(C)S(C)(=O)=O. The molecule has 2 fully saturated rings. The summed E-state index contributed by atoms with van der Waals surface area (Å²) in [6, 6.07) is -0.634. The van der Waals surface area contributed by atoms with Gasteiger partial charge in [-0.25, -0.2) is 8.42 Å². The lowest BCUT2D eigenvalue weighted by Gasteiger charge is -2.45. The molecule has 21 heavy (non-hydrogen) atoms. The number of hydrogen-bond donors (Lipinski definition) is 1. The number of amides is 2. The first-order valence-electron chi connectivity index (χ1n) is 7.33. The van der Waals surface area contributed by atoms with Crippen LogP contribution in [0.1, 0.15) is 46.5 Å². The maximum atomic E-state index is 12.8. The second kappa shape index (κ2) is 4.97. The third-order valence-electron chi connectivity index (χ3n) is 4.89. The maximum absolute atomic E-state index is 12.8. The molecule has 1 atom stereocenters. The molecule has 2 amide bonds. The summed E-state index contributed by atoms with van der Waals surface area (Å²) < 4.78 is 22.7. The Morgan fingerprint density at radius 1 is 1.29 bits per heavy atom. The maximum Gasteiger partial charge on any atom is 0.249 e. The van der Waals surface area contributed by atoms with Gasteiger partial charge in [-0.1, -0.05) is 12.8 Å². The summed E-state index contributed by atoms with van der Waals surface area (Å²) in [4.78, 5) is 26.5. The van der Waals surface area contributed by atoms with Gasteiger partial charge in [0.05, 0.1) is 4.75 Å². The van der Waals surface area contributed by atoms with Gasteiger partial charge in [-0.3, -0.25) is 9.59 Å². The van der Waals surface area contributed by atoms with Crippen LogP contribution in [-0.2, 0) is 19.4 Å². The van der Waals surface area contributed by atoms with Crippen LogP contribution in [0.15, 0.2) is 0 Å². The Balaban J connectivity index is 2.32. The van der Waals surface area contributed by atoms with Gasteiger partial charge in [0.1, 0.15) is 11.6 Å². The Bertz CT molecular complexity index is 562. The van der Waals surface area contributed by atoms with E-state index in [-0.39, 0.29) is 18.4 Å². The Hall–Kier alpha value is -1.11. The Kier molecular flexibility index (Phi) is 3.85. The highest BCUT2D eigenvalue weighted by Crippen LogP contribution is 2.35. The molecule has 7 heteroatoms. The van der Waals surface area contributed by atoms with Gasteiger partial charge >= 0.3 is 0 Å². The highest BCUT2D eigenvalue weighted by molar-refractivity contribution is 7.92. The van der Waals surface area contributed by atoms with E-state index in [1.165, 1.54) is 4.90 Å². The number of piperazine rings is 1. The zero-order valence-electron chi connectivity index (χ0n) is 13.1. The van der Waals surface area contributed by atoms with Crippen molar-refractivity contribution in [1.82, 2.24) is 10.2 Å². The van der Waals surface area contributed by atoms with Crippen LogP contribution in [0.3, 0.4) is 0 Å². The van der Waals surface area contributed by atoms with Crippen LogP contribution < -0.4 is 5.32 Å². The van der Waals surface area contributed by atoms with Crippen molar-refractivity contribution < 1.29 is 18.0 Å². The summed E-state index contributed by atoms with van der Waals surface area (Å²) in [6.07, 6.45) is 4.26. The molecule has 120 valence electrons. The van der Waals surface area contributed by atoms with Crippen molar-refractivity contribution in [2.24, 2.45) is 0 Å². The first kappa shape index (κ1) is 16.3. The summed E-state index contributed by atoms with van der Waals surface area (Å²) in [6.45, 7) is 4.88. The minimum atomic E-state index is -3.33.